The summed E-state index contributed by atoms with van der Waals surface area (Å²) in [5.41, 5.74) is 0.895. The third-order valence-electron chi connectivity index (χ3n) is 2.09. The summed E-state index contributed by atoms with van der Waals surface area (Å²) in [7, 11) is 0. The smallest absolute Gasteiger partial charge is 1.00 e. The van der Waals surface area contributed by atoms with Crippen LogP contribution in [-0.2, 0) is 6.61 Å². The molecule has 0 fully saturated rings. The first-order chi connectivity index (χ1) is 7.77. The van der Waals surface area contributed by atoms with Crippen molar-refractivity contribution >= 4 is 23.1 Å². The van der Waals surface area contributed by atoms with Crippen molar-refractivity contribution in [2.24, 2.45) is 0 Å². The third-order valence-corrected chi connectivity index (χ3v) is 2.09. The van der Waals surface area contributed by atoms with Crippen LogP contribution in [0.2, 0.25) is 0 Å². The van der Waals surface area contributed by atoms with Gasteiger partial charge in [-0.25, -0.2) is 4.39 Å². The predicted octanol–water partition coefficient (Wildman–Crippen LogP) is -0.0328. The fraction of sp³-hybridized carbons (Fsp3) is 0.0769. The van der Waals surface area contributed by atoms with Crippen LogP contribution in [0.25, 0.3) is 0 Å². The molecule has 0 aliphatic heterocycles. The zero-order valence-electron chi connectivity index (χ0n) is 9.50. The van der Waals surface area contributed by atoms with E-state index < -0.39 is 11.6 Å². The number of hydrogen-bond donors (Lipinski definition) is 0. The first-order valence-electron chi connectivity index (χ1n) is 4.79. The molecular weight excluding hydrogens is 314 g/mol. The maximum absolute atomic E-state index is 13.2. The zero-order valence-corrected chi connectivity index (χ0v) is 12.5. The molecule has 0 unspecified atom stereocenters. The van der Waals surface area contributed by atoms with Crippen molar-refractivity contribution in [2.45, 2.75) is 6.61 Å². The minimum atomic E-state index is -0.977. The Morgan fingerprint density at radius 2 is 1.72 bits per heavy atom. The minimum Gasteiger partial charge on any atom is -1.00 e. The van der Waals surface area contributed by atoms with E-state index >= 15 is 0 Å². The van der Waals surface area contributed by atoms with Crippen LogP contribution in [0.4, 0.5) is 8.78 Å². The minimum absolute atomic E-state index is 0. The van der Waals surface area contributed by atoms with Gasteiger partial charge in [-0.2, -0.15) is 6.07 Å². The molecule has 0 heterocycles. The number of ether oxygens (including phenoxy) is 1. The van der Waals surface area contributed by atoms with E-state index in [-0.39, 0.29) is 52.4 Å². The molecule has 0 atom stereocenters. The van der Waals surface area contributed by atoms with E-state index in [1.165, 1.54) is 6.07 Å². The van der Waals surface area contributed by atoms with Crippen molar-refractivity contribution < 1.29 is 30.5 Å². The normalized spacial score (nSPS) is 9.00. The van der Waals surface area contributed by atoms with Crippen LogP contribution in [0.3, 0.4) is 0 Å². The van der Waals surface area contributed by atoms with E-state index in [0.29, 0.717) is 0 Å². The molecule has 0 saturated heterocycles. The van der Waals surface area contributed by atoms with Gasteiger partial charge in [-0.3, -0.25) is 4.39 Å². The van der Waals surface area contributed by atoms with Gasteiger partial charge in [0.15, 0.2) is 0 Å². The number of halogens is 3. The quantitative estimate of drug-likeness (QED) is 0.569. The molecule has 0 aromatic heterocycles. The van der Waals surface area contributed by atoms with Gasteiger partial charge in [0.2, 0.25) is 0 Å². The van der Waals surface area contributed by atoms with E-state index in [0.717, 1.165) is 11.6 Å². The topological polar surface area (TPSA) is 9.23 Å². The summed E-state index contributed by atoms with van der Waals surface area (Å²) in [6, 6.07) is 14.0. The Morgan fingerprint density at radius 3 is 2.39 bits per heavy atom. The van der Waals surface area contributed by atoms with Gasteiger partial charge in [-0.05, 0) is 5.56 Å². The van der Waals surface area contributed by atoms with E-state index in [1.54, 1.807) is 0 Å². The van der Waals surface area contributed by atoms with E-state index in [1.807, 2.05) is 30.3 Å². The second-order valence-electron chi connectivity index (χ2n) is 3.26. The molecule has 90 valence electrons. The standard InChI is InChI=1S/C13H9F2O.BrH.Mg/c14-11-7-4-8-12(13(11)15)16-9-10-5-2-1-3-6-10;;/h1-3,5-8H,9H2;1H;/q-1;;+2/p-1. The van der Waals surface area contributed by atoms with Crippen LogP contribution in [0.5, 0.6) is 5.75 Å². The number of rotatable bonds is 3. The van der Waals surface area contributed by atoms with Gasteiger partial charge >= 0.3 is 23.1 Å². The second kappa shape index (κ2) is 8.45. The van der Waals surface area contributed by atoms with Crippen LogP contribution >= 0.6 is 0 Å². The Balaban J connectivity index is 0.00000144. The van der Waals surface area contributed by atoms with Gasteiger partial charge in [0, 0.05) is 11.6 Å². The first kappa shape index (κ1) is 17.3. The van der Waals surface area contributed by atoms with Gasteiger partial charge in [0.25, 0.3) is 0 Å². The molecule has 1 nitrogen and oxygen atoms in total. The Labute approximate surface area is 131 Å². The summed E-state index contributed by atoms with van der Waals surface area (Å²) >= 11 is 0. The molecule has 0 spiro atoms. The van der Waals surface area contributed by atoms with E-state index in [4.69, 9.17) is 4.74 Å². The molecule has 0 bridgehead atoms. The first-order valence-corrected chi connectivity index (χ1v) is 4.79. The zero-order chi connectivity index (χ0) is 11.4. The monoisotopic (exact) mass is 322 g/mol. The molecule has 0 radical (unpaired) electrons. The molecule has 0 aliphatic carbocycles. The molecule has 18 heavy (non-hydrogen) atoms. The van der Waals surface area contributed by atoms with Crippen molar-refractivity contribution in [2.75, 3.05) is 0 Å². The summed E-state index contributed by atoms with van der Waals surface area (Å²) in [4.78, 5) is 0. The van der Waals surface area contributed by atoms with E-state index in [9.17, 15) is 8.78 Å². The molecule has 5 heteroatoms. The fourth-order valence-corrected chi connectivity index (χ4v) is 1.28. The fourth-order valence-electron chi connectivity index (χ4n) is 1.28. The maximum Gasteiger partial charge on any atom is 2.00 e. The van der Waals surface area contributed by atoms with Crippen LogP contribution in [-0.4, -0.2) is 23.1 Å². The van der Waals surface area contributed by atoms with Gasteiger partial charge in [-0.15, -0.1) is 12.1 Å². The summed E-state index contributed by atoms with van der Waals surface area (Å²) < 4.78 is 31.2. The molecule has 0 saturated carbocycles. The Kier molecular flexibility index (Phi) is 8.14. The average molecular weight is 323 g/mol. The Morgan fingerprint density at radius 1 is 1.06 bits per heavy atom. The maximum atomic E-state index is 13.2. The Bertz CT molecular complexity index is 480. The third kappa shape index (κ3) is 4.55. The average Bonchev–Trinajstić information content (AvgIpc) is 2.32. The van der Waals surface area contributed by atoms with Crippen molar-refractivity contribution in [3.63, 3.8) is 0 Å². The Hall–Kier alpha value is -0.654. The second-order valence-corrected chi connectivity index (χ2v) is 3.26. The molecule has 0 aliphatic rings. The van der Waals surface area contributed by atoms with Gasteiger partial charge < -0.3 is 21.7 Å². The van der Waals surface area contributed by atoms with E-state index in [2.05, 4.69) is 6.07 Å². The predicted molar refractivity (Wildman–Crippen MR) is 61.7 cm³/mol. The SMILES string of the molecule is Fc1c[c-]cc(OCc2ccccc2)c1F.[Br-].[Mg+2]. The molecule has 0 N–H and O–H groups in total. The van der Waals surface area contributed by atoms with Crippen molar-refractivity contribution in [3.05, 3.63) is 65.7 Å². The largest absolute Gasteiger partial charge is 2.00 e. The molecule has 2 rings (SSSR count). The number of hydrogen-bond acceptors (Lipinski definition) is 1. The molecule has 0 amide bonds. The van der Waals surface area contributed by atoms with Gasteiger partial charge in [-0.1, -0.05) is 30.3 Å². The van der Waals surface area contributed by atoms with Gasteiger partial charge in [0.05, 0.1) is 12.4 Å². The van der Waals surface area contributed by atoms with Crippen molar-refractivity contribution in [1.29, 1.82) is 0 Å². The van der Waals surface area contributed by atoms with Crippen LogP contribution in [0.1, 0.15) is 5.56 Å². The summed E-state index contributed by atoms with van der Waals surface area (Å²) in [5, 5.41) is 0. The van der Waals surface area contributed by atoms with Crippen molar-refractivity contribution in [3.8, 4) is 5.75 Å². The summed E-state index contributed by atoms with van der Waals surface area (Å²) in [6.45, 7) is 0.203. The van der Waals surface area contributed by atoms with Gasteiger partial charge in [0.1, 0.15) is 0 Å². The summed E-state index contributed by atoms with van der Waals surface area (Å²) in [5.74, 6) is -2.05. The van der Waals surface area contributed by atoms with Crippen molar-refractivity contribution in [1.82, 2.24) is 0 Å². The molecule has 2 aromatic rings. The van der Waals surface area contributed by atoms with Crippen LogP contribution < -0.4 is 21.7 Å². The number of benzene rings is 2. The molecular formula is C13H9BrF2MgO. The van der Waals surface area contributed by atoms with Crippen LogP contribution in [0, 0.1) is 17.7 Å². The molecule has 2 aromatic carbocycles. The summed E-state index contributed by atoms with van der Waals surface area (Å²) in [6.07, 6.45) is 0. The van der Waals surface area contributed by atoms with Crippen LogP contribution in [0.15, 0.2) is 42.5 Å².